The van der Waals surface area contributed by atoms with Crippen molar-refractivity contribution in [2.75, 3.05) is 6.61 Å². The molecule has 0 aliphatic carbocycles. The maximum absolute atomic E-state index is 11.2. The Morgan fingerprint density at radius 3 is 1.73 bits per heavy atom. The van der Waals surface area contributed by atoms with Gasteiger partial charge in [0.15, 0.2) is 18.3 Å². The second-order valence-electron chi connectivity index (χ2n) is 4.33. The topological polar surface area (TPSA) is 105 Å². The van der Waals surface area contributed by atoms with E-state index in [0.717, 1.165) is 20.8 Å². The summed E-state index contributed by atoms with van der Waals surface area (Å²) in [6.45, 7) is 7.73. The van der Waals surface area contributed by atoms with Crippen LogP contribution in [0.15, 0.2) is 12.7 Å². The van der Waals surface area contributed by atoms with E-state index in [1.807, 2.05) is 0 Å². The quantitative estimate of drug-likeness (QED) is 0.363. The van der Waals surface area contributed by atoms with Gasteiger partial charge in [0.25, 0.3) is 0 Å². The van der Waals surface area contributed by atoms with Crippen LogP contribution < -0.4 is 0 Å². The van der Waals surface area contributed by atoms with E-state index >= 15 is 0 Å². The molecule has 3 atom stereocenters. The van der Waals surface area contributed by atoms with E-state index in [4.69, 9.17) is 18.9 Å². The zero-order chi connectivity index (χ0) is 17.3. The Morgan fingerprint density at radius 2 is 1.36 bits per heavy atom. The molecule has 0 saturated heterocycles. The molecular formula is C14H20O8. The third-order valence-electron chi connectivity index (χ3n) is 2.29. The molecule has 0 bridgehead atoms. The van der Waals surface area contributed by atoms with Crippen molar-refractivity contribution >= 4 is 23.9 Å². The molecule has 0 spiro atoms. The first-order valence-electron chi connectivity index (χ1n) is 6.45. The molecule has 0 aromatic heterocycles. The Hall–Kier alpha value is -2.38. The first-order valence-corrected chi connectivity index (χ1v) is 6.45. The van der Waals surface area contributed by atoms with E-state index in [1.54, 1.807) is 0 Å². The molecule has 0 aliphatic heterocycles. The van der Waals surface area contributed by atoms with Crippen molar-refractivity contribution in [2.24, 2.45) is 0 Å². The van der Waals surface area contributed by atoms with Crippen molar-refractivity contribution in [3.8, 4) is 0 Å². The van der Waals surface area contributed by atoms with Crippen molar-refractivity contribution < 1.29 is 38.1 Å². The zero-order valence-corrected chi connectivity index (χ0v) is 13.0. The molecule has 0 aromatic carbocycles. The van der Waals surface area contributed by atoms with Crippen LogP contribution in [0.5, 0.6) is 0 Å². The fourth-order valence-corrected chi connectivity index (χ4v) is 1.60. The maximum atomic E-state index is 11.2. The Kier molecular flexibility index (Phi) is 8.51. The molecule has 8 heteroatoms. The van der Waals surface area contributed by atoms with Gasteiger partial charge in [-0.05, 0) is 6.08 Å². The van der Waals surface area contributed by atoms with Crippen molar-refractivity contribution in [3.63, 3.8) is 0 Å². The number of hydrogen-bond donors (Lipinski definition) is 0. The number of ether oxygens (including phenoxy) is 4. The van der Waals surface area contributed by atoms with Crippen LogP contribution in [0.4, 0.5) is 0 Å². The fourth-order valence-electron chi connectivity index (χ4n) is 1.60. The Balaban J connectivity index is 5.35. The van der Waals surface area contributed by atoms with E-state index in [-0.39, 0.29) is 6.61 Å². The molecule has 0 unspecified atom stereocenters. The van der Waals surface area contributed by atoms with Gasteiger partial charge in [0.1, 0.15) is 6.61 Å². The molecule has 0 saturated carbocycles. The van der Waals surface area contributed by atoms with Crippen molar-refractivity contribution in [3.05, 3.63) is 12.7 Å². The molecule has 0 radical (unpaired) electrons. The van der Waals surface area contributed by atoms with Crippen LogP contribution in [0.1, 0.15) is 27.7 Å². The predicted molar refractivity (Wildman–Crippen MR) is 73.5 cm³/mol. The highest BCUT2D eigenvalue weighted by atomic mass is 16.6. The lowest BCUT2D eigenvalue weighted by Gasteiger charge is -2.30. The second-order valence-corrected chi connectivity index (χ2v) is 4.33. The van der Waals surface area contributed by atoms with E-state index in [1.165, 1.54) is 13.0 Å². The first kappa shape index (κ1) is 19.6. The van der Waals surface area contributed by atoms with Gasteiger partial charge in [0.05, 0.1) is 0 Å². The molecule has 0 fully saturated rings. The van der Waals surface area contributed by atoms with Gasteiger partial charge in [0.2, 0.25) is 0 Å². The number of esters is 4. The highest BCUT2D eigenvalue weighted by molar-refractivity contribution is 5.69. The molecule has 0 aromatic rings. The number of carbonyl (C=O) groups excluding carboxylic acids is 4. The summed E-state index contributed by atoms with van der Waals surface area (Å²) in [6.07, 6.45) is -2.18. The van der Waals surface area contributed by atoms with Gasteiger partial charge < -0.3 is 18.9 Å². The molecule has 0 aliphatic rings. The lowest BCUT2D eigenvalue weighted by molar-refractivity contribution is -0.185. The third kappa shape index (κ3) is 8.03. The molecule has 0 heterocycles. The van der Waals surface area contributed by atoms with E-state index in [2.05, 4.69) is 6.58 Å². The Morgan fingerprint density at radius 1 is 0.864 bits per heavy atom. The first-order chi connectivity index (χ1) is 10.2. The predicted octanol–water partition coefficient (Wildman–Crippen LogP) is 0.531. The Bertz CT molecular complexity index is 442. The summed E-state index contributed by atoms with van der Waals surface area (Å²) in [5.41, 5.74) is 0. The van der Waals surface area contributed by atoms with Gasteiger partial charge in [-0.25, -0.2) is 0 Å². The average Bonchev–Trinajstić information content (AvgIpc) is 2.37. The largest absolute Gasteiger partial charge is 0.462 e. The van der Waals surface area contributed by atoms with Crippen LogP contribution in [-0.4, -0.2) is 48.8 Å². The molecule has 22 heavy (non-hydrogen) atoms. The monoisotopic (exact) mass is 316 g/mol. The minimum Gasteiger partial charge on any atom is -0.462 e. The standard InChI is InChI=1S/C14H20O8/c1-6-12(20-9(3)16)14(22-11(5)18)13(21-10(4)17)7-19-8(2)15/h6,12-14H,1,7H2,2-5H3/t12-,13+,14+/m1/s1. The van der Waals surface area contributed by atoms with Crippen LogP contribution in [0.3, 0.4) is 0 Å². The highest BCUT2D eigenvalue weighted by Gasteiger charge is 2.36. The second kappa shape index (κ2) is 9.54. The average molecular weight is 316 g/mol. The smallest absolute Gasteiger partial charge is 0.303 e. The molecule has 0 rings (SSSR count). The summed E-state index contributed by atoms with van der Waals surface area (Å²) >= 11 is 0. The molecular weight excluding hydrogens is 296 g/mol. The van der Waals surface area contributed by atoms with Crippen LogP contribution >= 0.6 is 0 Å². The maximum Gasteiger partial charge on any atom is 0.303 e. The number of carbonyl (C=O) groups is 4. The minimum atomic E-state index is -1.19. The van der Waals surface area contributed by atoms with Gasteiger partial charge in [-0.2, -0.15) is 0 Å². The van der Waals surface area contributed by atoms with Crippen molar-refractivity contribution in [1.82, 2.24) is 0 Å². The SMILES string of the molecule is C=C[C@@H](OC(C)=O)[C@H](OC(C)=O)[C@H](COC(C)=O)OC(C)=O. The minimum absolute atomic E-state index is 0.363. The summed E-state index contributed by atoms with van der Waals surface area (Å²) in [7, 11) is 0. The highest BCUT2D eigenvalue weighted by Crippen LogP contribution is 2.15. The fraction of sp³-hybridized carbons (Fsp3) is 0.571. The lowest BCUT2D eigenvalue weighted by atomic mass is 10.1. The van der Waals surface area contributed by atoms with E-state index in [9.17, 15) is 19.2 Å². The molecule has 0 N–H and O–H groups in total. The van der Waals surface area contributed by atoms with Crippen molar-refractivity contribution in [1.29, 1.82) is 0 Å². The number of rotatable bonds is 8. The van der Waals surface area contributed by atoms with Crippen LogP contribution in [0, 0.1) is 0 Å². The van der Waals surface area contributed by atoms with Crippen molar-refractivity contribution in [2.45, 2.75) is 46.0 Å². The summed E-state index contributed by atoms with van der Waals surface area (Å²) in [5, 5.41) is 0. The Labute approximate surface area is 128 Å². The summed E-state index contributed by atoms with van der Waals surface area (Å²) in [5.74, 6) is -2.62. The lowest BCUT2D eigenvalue weighted by Crippen LogP contribution is -2.46. The summed E-state index contributed by atoms with van der Waals surface area (Å²) in [4.78, 5) is 44.5. The van der Waals surface area contributed by atoms with Gasteiger partial charge >= 0.3 is 23.9 Å². The summed E-state index contributed by atoms with van der Waals surface area (Å²) in [6, 6.07) is 0. The van der Waals surface area contributed by atoms with Gasteiger partial charge in [-0.15, -0.1) is 0 Å². The third-order valence-corrected chi connectivity index (χ3v) is 2.29. The molecule has 124 valence electrons. The van der Waals surface area contributed by atoms with Crippen LogP contribution in [0.25, 0.3) is 0 Å². The van der Waals surface area contributed by atoms with Gasteiger partial charge in [-0.1, -0.05) is 6.58 Å². The number of hydrogen-bond acceptors (Lipinski definition) is 8. The molecule has 8 nitrogen and oxygen atoms in total. The van der Waals surface area contributed by atoms with Gasteiger partial charge in [-0.3, -0.25) is 19.2 Å². The normalized spacial score (nSPS) is 14.0. The van der Waals surface area contributed by atoms with E-state index < -0.39 is 42.2 Å². The van der Waals surface area contributed by atoms with Gasteiger partial charge in [0, 0.05) is 27.7 Å². The van der Waals surface area contributed by atoms with Crippen LogP contribution in [-0.2, 0) is 38.1 Å². The summed E-state index contributed by atoms with van der Waals surface area (Å²) < 4.78 is 19.8. The van der Waals surface area contributed by atoms with Crippen LogP contribution in [0.2, 0.25) is 0 Å². The molecule has 0 amide bonds. The van der Waals surface area contributed by atoms with E-state index in [0.29, 0.717) is 0 Å². The zero-order valence-electron chi connectivity index (χ0n) is 13.0.